The maximum atomic E-state index is 12.5. The van der Waals surface area contributed by atoms with Gasteiger partial charge in [-0.2, -0.15) is 8.75 Å². The third-order valence-electron chi connectivity index (χ3n) is 4.09. The fraction of sp³-hybridized carbons (Fsp3) is 0. The van der Waals surface area contributed by atoms with Gasteiger partial charge in [0.1, 0.15) is 16.6 Å². The number of hydrogen-bond donors (Lipinski definition) is 1. The minimum Gasteiger partial charge on any atom is -0.436 e. The highest BCUT2D eigenvalue weighted by molar-refractivity contribution is 7.00. The number of anilines is 1. The van der Waals surface area contributed by atoms with E-state index in [2.05, 4.69) is 24.0 Å². The van der Waals surface area contributed by atoms with Crippen LogP contribution in [-0.4, -0.2) is 24.6 Å². The zero-order valence-corrected chi connectivity index (χ0v) is 14.6. The second-order valence-corrected chi connectivity index (χ2v) is 6.39. The Hall–Kier alpha value is -3.65. The number of benzene rings is 2. The highest BCUT2D eigenvalue weighted by Gasteiger charge is 2.12. The summed E-state index contributed by atoms with van der Waals surface area (Å²) < 4.78 is 14.1. The molecular weight excluding hydrogens is 362 g/mol. The Morgan fingerprint density at radius 1 is 0.926 bits per heavy atom. The molecule has 0 saturated carbocycles. The van der Waals surface area contributed by atoms with Crippen LogP contribution in [0.1, 0.15) is 10.4 Å². The standard InChI is InChI=1S/C19H11N5O2S/c25-18(12-1-3-14-15(9-12)24-27-23-14)21-13-2-4-17-16(10-13)22-19(26-17)11-5-7-20-8-6-11/h1-10H,(H,21,25). The summed E-state index contributed by atoms with van der Waals surface area (Å²) in [6, 6.07) is 14.3. The number of aromatic nitrogens is 4. The zero-order chi connectivity index (χ0) is 18.2. The molecule has 5 aromatic rings. The first-order chi connectivity index (χ1) is 13.3. The van der Waals surface area contributed by atoms with E-state index in [0.717, 1.165) is 22.8 Å². The van der Waals surface area contributed by atoms with E-state index in [9.17, 15) is 4.79 Å². The summed E-state index contributed by atoms with van der Waals surface area (Å²) in [5.41, 5.74) is 4.81. The van der Waals surface area contributed by atoms with E-state index in [1.807, 2.05) is 12.1 Å². The minimum absolute atomic E-state index is 0.220. The van der Waals surface area contributed by atoms with Gasteiger partial charge in [-0.25, -0.2) is 4.98 Å². The van der Waals surface area contributed by atoms with E-state index >= 15 is 0 Å². The molecule has 0 aliphatic rings. The molecule has 27 heavy (non-hydrogen) atoms. The summed E-state index contributed by atoms with van der Waals surface area (Å²) in [6.45, 7) is 0. The van der Waals surface area contributed by atoms with Gasteiger partial charge >= 0.3 is 0 Å². The second-order valence-electron chi connectivity index (χ2n) is 5.86. The Kier molecular flexibility index (Phi) is 3.61. The number of pyridine rings is 1. The van der Waals surface area contributed by atoms with Crippen LogP contribution in [0, 0.1) is 0 Å². The van der Waals surface area contributed by atoms with Crippen LogP contribution >= 0.6 is 11.7 Å². The minimum atomic E-state index is -0.220. The third kappa shape index (κ3) is 2.91. The van der Waals surface area contributed by atoms with Gasteiger partial charge in [0, 0.05) is 29.2 Å². The number of amides is 1. The highest BCUT2D eigenvalue weighted by Crippen LogP contribution is 2.26. The second kappa shape index (κ2) is 6.26. The Balaban J connectivity index is 1.43. The lowest BCUT2D eigenvalue weighted by Gasteiger charge is -2.04. The maximum Gasteiger partial charge on any atom is 0.255 e. The van der Waals surface area contributed by atoms with Crippen LogP contribution in [0.25, 0.3) is 33.6 Å². The van der Waals surface area contributed by atoms with Gasteiger partial charge in [-0.1, -0.05) is 0 Å². The SMILES string of the molecule is O=C(Nc1ccc2oc(-c3ccncc3)nc2c1)c1ccc2nsnc2c1. The molecule has 0 aliphatic carbocycles. The molecule has 0 atom stereocenters. The molecule has 3 aromatic heterocycles. The highest BCUT2D eigenvalue weighted by atomic mass is 32.1. The fourth-order valence-electron chi connectivity index (χ4n) is 2.75. The van der Waals surface area contributed by atoms with Crippen molar-refractivity contribution in [2.24, 2.45) is 0 Å². The van der Waals surface area contributed by atoms with Crippen LogP contribution in [0.15, 0.2) is 65.3 Å². The maximum absolute atomic E-state index is 12.5. The van der Waals surface area contributed by atoms with E-state index in [-0.39, 0.29) is 5.91 Å². The Labute approximate surface area is 157 Å². The summed E-state index contributed by atoms with van der Waals surface area (Å²) >= 11 is 1.12. The Bertz CT molecular complexity index is 1280. The number of nitrogens with one attached hydrogen (secondary N) is 1. The number of carbonyl (C=O) groups is 1. The lowest BCUT2D eigenvalue weighted by atomic mass is 10.2. The fourth-order valence-corrected chi connectivity index (χ4v) is 3.27. The number of hydrogen-bond acceptors (Lipinski definition) is 7. The molecule has 3 heterocycles. The van der Waals surface area contributed by atoms with Gasteiger partial charge in [0.2, 0.25) is 5.89 Å². The summed E-state index contributed by atoms with van der Waals surface area (Å²) in [6.07, 6.45) is 3.37. The van der Waals surface area contributed by atoms with Crippen molar-refractivity contribution in [3.63, 3.8) is 0 Å². The molecule has 2 aromatic carbocycles. The van der Waals surface area contributed by atoms with Crippen molar-refractivity contribution >= 4 is 45.5 Å². The lowest BCUT2D eigenvalue weighted by Crippen LogP contribution is -2.11. The predicted octanol–water partition coefficient (Wildman–Crippen LogP) is 4.15. The Morgan fingerprint density at radius 2 is 1.78 bits per heavy atom. The van der Waals surface area contributed by atoms with Crippen molar-refractivity contribution < 1.29 is 9.21 Å². The number of nitrogens with zero attached hydrogens (tertiary/aromatic N) is 4. The van der Waals surface area contributed by atoms with Gasteiger partial charge in [-0.3, -0.25) is 9.78 Å². The molecule has 5 rings (SSSR count). The van der Waals surface area contributed by atoms with Gasteiger partial charge in [0.25, 0.3) is 5.91 Å². The summed E-state index contributed by atoms with van der Waals surface area (Å²) in [7, 11) is 0. The van der Waals surface area contributed by atoms with Crippen LogP contribution in [0.5, 0.6) is 0 Å². The quantitative estimate of drug-likeness (QED) is 0.511. The first kappa shape index (κ1) is 15.6. The molecule has 0 saturated heterocycles. The van der Waals surface area contributed by atoms with Gasteiger partial charge in [-0.05, 0) is 48.5 Å². The number of carbonyl (C=O) groups excluding carboxylic acids is 1. The normalized spacial score (nSPS) is 11.1. The molecule has 0 spiro atoms. The summed E-state index contributed by atoms with van der Waals surface area (Å²) in [5.74, 6) is 0.291. The van der Waals surface area contributed by atoms with E-state index < -0.39 is 0 Å². The van der Waals surface area contributed by atoms with Crippen LogP contribution in [0.2, 0.25) is 0 Å². The first-order valence-electron chi connectivity index (χ1n) is 8.11. The topological polar surface area (TPSA) is 93.8 Å². The van der Waals surface area contributed by atoms with Crippen LogP contribution in [0.3, 0.4) is 0 Å². The van der Waals surface area contributed by atoms with Crippen LogP contribution in [0.4, 0.5) is 5.69 Å². The van der Waals surface area contributed by atoms with Gasteiger partial charge < -0.3 is 9.73 Å². The van der Waals surface area contributed by atoms with E-state index in [1.165, 1.54) is 0 Å². The predicted molar refractivity (Wildman–Crippen MR) is 103 cm³/mol. The lowest BCUT2D eigenvalue weighted by molar-refractivity contribution is 0.102. The van der Waals surface area contributed by atoms with Crippen molar-refractivity contribution in [3.05, 3.63) is 66.5 Å². The molecule has 0 bridgehead atoms. The molecular formula is C19H11N5O2S. The smallest absolute Gasteiger partial charge is 0.255 e. The zero-order valence-electron chi connectivity index (χ0n) is 13.8. The molecule has 8 heteroatoms. The summed E-state index contributed by atoms with van der Waals surface area (Å²) in [4.78, 5) is 21.0. The van der Waals surface area contributed by atoms with Crippen molar-refractivity contribution in [3.8, 4) is 11.5 Å². The molecule has 0 unspecified atom stereocenters. The van der Waals surface area contributed by atoms with Crippen LogP contribution < -0.4 is 5.32 Å². The average molecular weight is 373 g/mol. The molecule has 0 fully saturated rings. The molecule has 7 nitrogen and oxygen atoms in total. The molecule has 130 valence electrons. The van der Waals surface area contributed by atoms with Crippen molar-refractivity contribution in [1.29, 1.82) is 0 Å². The number of rotatable bonds is 3. The van der Waals surface area contributed by atoms with Crippen molar-refractivity contribution in [1.82, 2.24) is 18.7 Å². The largest absolute Gasteiger partial charge is 0.436 e. The van der Waals surface area contributed by atoms with Gasteiger partial charge in [0.05, 0.1) is 11.7 Å². The Morgan fingerprint density at radius 3 is 2.67 bits per heavy atom. The number of fused-ring (bicyclic) bond motifs is 2. The molecule has 0 aliphatic heterocycles. The van der Waals surface area contributed by atoms with Gasteiger partial charge in [-0.15, -0.1) is 0 Å². The third-order valence-corrected chi connectivity index (χ3v) is 4.65. The van der Waals surface area contributed by atoms with E-state index in [4.69, 9.17) is 4.42 Å². The van der Waals surface area contributed by atoms with Crippen LogP contribution in [-0.2, 0) is 0 Å². The van der Waals surface area contributed by atoms with Gasteiger partial charge in [0.15, 0.2) is 5.58 Å². The van der Waals surface area contributed by atoms with Crippen molar-refractivity contribution in [2.75, 3.05) is 5.32 Å². The monoisotopic (exact) mass is 373 g/mol. The number of oxazole rings is 1. The van der Waals surface area contributed by atoms with E-state index in [1.54, 1.807) is 48.8 Å². The molecule has 1 amide bonds. The molecule has 1 N–H and O–H groups in total. The summed E-state index contributed by atoms with van der Waals surface area (Å²) in [5, 5.41) is 2.88. The first-order valence-corrected chi connectivity index (χ1v) is 8.84. The molecule has 0 radical (unpaired) electrons. The average Bonchev–Trinajstić information content (AvgIpc) is 3.34. The van der Waals surface area contributed by atoms with Crippen molar-refractivity contribution in [2.45, 2.75) is 0 Å². The van der Waals surface area contributed by atoms with E-state index in [0.29, 0.717) is 33.8 Å².